The van der Waals surface area contributed by atoms with Crippen LogP contribution in [0.25, 0.3) is 0 Å². The number of rotatable bonds is 11. The number of unbranched alkanes of at least 4 members (excludes halogenated alkanes) is 8. The molecule has 0 aliphatic rings. The average Bonchev–Trinajstić information content (AvgIpc) is 2.54. The van der Waals surface area contributed by atoms with E-state index in [1.54, 1.807) is 0 Å². The van der Waals surface area contributed by atoms with Crippen LogP contribution in [0.1, 0.15) is 71.1 Å². The molecule has 0 amide bonds. The predicted molar refractivity (Wildman–Crippen MR) is 85.5 cm³/mol. The molecule has 0 aliphatic heterocycles. The minimum absolute atomic E-state index is 0.178. The van der Waals surface area contributed by atoms with Crippen molar-refractivity contribution in [2.24, 2.45) is 0 Å². The minimum Gasteiger partial charge on any atom is -0.505 e. The molecule has 0 spiro atoms. The minimum atomic E-state index is -1.40. The summed E-state index contributed by atoms with van der Waals surface area (Å²) in [6.45, 7) is 2.19. The molecule has 5 heteroatoms. The molecule has 3 nitrogen and oxygen atoms in total. The summed E-state index contributed by atoms with van der Waals surface area (Å²) in [6.07, 6.45) is 10.3. The van der Waals surface area contributed by atoms with Gasteiger partial charge in [-0.15, -0.1) is 0 Å². The van der Waals surface area contributed by atoms with E-state index in [0.29, 0.717) is 6.42 Å². The molecule has 0 aromatic heterocycles. The Morgan fingerprint density at radius 3 is 2.13 bits per heavy atom. The third kappa shape index (κ3) is 7.44. The molecule has 0 saturated heterocycles. The maximum atomic E-state index is 13.4. The van der Waals surface area contributed by atoms with Crippen molar-refractivity contribution in [3.8, 4) is 11.5 Å². The van der Waals surface area contributed by atoms with Crippen LogP contribution >= 0.6 is 0 Å². The summed E-state index contributed by atoms with van der Waals surface area (Å²) in [5.41, 5.74) is 0. The largest absolute Gasteiger partial charge is 0.505 e. The number of benzene rings is 1. The summed E-state index contributed by atoms with van der Waals surface area (Å²) < 4.78 is 31.3. The van der Waals surface area contributed by atoms with Crippen LogP contribution in [0.3, 0.4) is 0 Å². The highest BCUT2D eigenvalue weighted by Crippen LogP contribution is 2.26. The van der Waals surface area contributed by atoms with Crippen LogP contribution in [0.2, 0.25) is 0 Å². The summed E-state index contributed by atoms with van der Waals surface area (Å²) in [4.78, 5) is 11.6. The van der Waals surface area contributed by atoms with Crippen LogP contribution in [0.4, 0.5) is 8.78 Å². The molecular weight excluding hydrogens is 302 g/mol. The topological polar surface area (TPSA) is 46.5 Å². The Morgan fingerprint density at radius 2 is 1.52 bits per heavy atom. The van der Waals surface area contributed by atoms with E-state index in [0.717, 1.165) is 31.4 Å². The lowest BCUT2D eigenvalue weighted by atomic mass is 10.1. The van der Waals surface area contributed by atoms with Gasteiger partial charge in [-0.1, -0.05) is 58.3 Å². The van der Waals surface area contributed by atoms with Crippen molar-refractivity contribution >= 4 is 5.97 Å². The van der Waals surface area contributed by atoms with Crippen LogP contribution in [0.5, 0.6) is 11.5 Å². The van der Waals surface area contributed by atoms with Gasteiger partial charge >= 0.3 is 5.97 Å². The van der Waals surface area contributed by atoms with Crippen molar-refractivity contribution in [2.45, 2.75) is 71.1 Å². The molecule has 0 saturated carbocycles. The normalized spacial score (nSPS) is 10.7. The number of hydrogen-bond donors (Lipinski definition) is 1. The van der Waals surface area contributed by atoms with Gasteiger partial charge in [-0.3, -0.25) is 4.79 Å². The van der Waals surface area contributed by atoms with Crippen LogP contribution in [-0.4, -0.2) is 11.1 Å². The fraction of sp³-hybridized carbons (Fsp3) is 0.611. The summed E-state index contributed by atoms with van der Waals surface area (Å²) in [5, 5.41) is 9.00. The second-order valence-corrected chi connectivity index (χ2v) is 5.76. The number of phenols is 1. The molecule has 1 rings (SSSR count). The lowest BCUT2D eigenvalue weighted by Gasteiger charge is -2.07. The second-order valence-electron chi connectivity index (χ2n) is 5.76. The van der Waals surface area contributed by atoms with Crippen LogP contribution in [-0.2, 0) is 4.79 Å². The van der Waals surface area contributed by atoms with Gasteiger partial charge in [0.2, 0.25) is 11.6 Å². The molecule has 0 bridgehead atoms. The maximum absolute atomic E-state index is 13.4. The number of halogens is 2. The van der Waals surface area contributed by atoms with E-state index in [9.17, 15) is 13.6 Å². The van der Waals surface area contributed by atoms with E-state index in [4.69, 9.17) is 9.84 Å². The first-order chi connectivity index (χ1) is 11.1. The van der Waals surface area contributed by atoms with Gasteiger partial charge < -0.3 is 9.84 Å². The number of hydrogen-bond acceptors (Lipinski definition) is 3. The van der Waals surface area contributed by atoms with E-state index < -0.39 is 29.1 Å². The van der Waals surface area contributed by atoms with Gasteiger partial charge in [-0.05, 0) is 18.6 Å². The molecule has 1 N–H and O–H groups in total. The standard InChI is InChI=1S/C18H26F2O3/c1-2-3-4-5-6-7-8-9-10-11-16(22)23-15-13-12-14(21)17(19)18(15)20/h12-13,21H,2-11H2,1H3. The van der Waals surface area contributed by atoms with Crippen molar-refractivity contribution in [3.63, 3.8) is 0 Å². The van der Waals surface area contributed by atoms with Gasteiger partial charge in [0.15, 0.2) is 11.5 Å². The molecular formula is C18H26F2O3. The first-order valence-corrected chi connectivity index (χ1v) is 8.44. The molecule has 0 atom stereocenters. The van der Waals surface area contributed by atoms with E-state index in [1.807, 2.05) is 0 Å². The second kappa shape index (κ2) is 11.0. The number of esters is 1. The van der Waals surface area contributed by atoms with Gasteiger partial charge in [0, 0.05) is 6.42 Å². The Morgan fingerprint density at radius 1 is 0.957 bits per heavy atom. The number of phenolic OH excluding ortho intramolecular Hbond substituents is 1. The highest BCUT2D eigenvalue weighted by Gasteiger charge is 2.16. The van der Waals surface area contributed by atoms with Crippen LogP contribution < -0.4 is 4.74 Å². The molecule has 0 aliphatic carbocycles. The number of carbonyl (C=O) groups excluding carboxylic acids is 1. The zero-order chi connectivity index (χ0) is 17.1. The SMILES string of the molecule is CCCCCCCCCCCC(=O)Oc1ccc(O)c(F)c1F. The van der Waals surface area contributed by atoms with E-state index >= 15 is 0 Å². The first kappa shape index (κ1) is 19.4. The van der Waals surface area contributed by atoms with Gasteiger partial charge in [0.1, 0.15) is 0 Å². The number of carbonyl (C=O) groups is 1. The summed E-state index contributed by atoms with van der Waals surface area (Å²) in [5.74, 6) is -4.62. The van der Waals surface area contributed by atoms with Gasteiger partial charge in [-0.2, -0.15) is 8.78 Å². The zero-order valence-electron chi connectivity index (χ0n) is 13.7. The molecule has 0 heterocycles. The molecule has 1 aromatic rings. The Bertz CT molecular complexity index is 489. The molecule has 23 heavy (non-hydrogen) atoms. The zero-order valence-corrected chi connectivity index (χ0v) is 13.7. The molecule has 1 aromatic carbocycles. The van der Waals surface area contributed by atoms with Crippen molar-refractivity contribution in [1.82, 2.24) is 0 Å². The molecule has 0 unspecified atom stereocenters. The third-order valence-corrected chi connectivity index (χ3v) is 3.73. The Labute approximate surface area is 136 Å². The Kier molecular flexibility index (Phi) is 9.25. The van der Waals surface area contributed by atoms with Crippen molar-refractivity contribution in [1.29, 1.82) is 0 Å². The van der Waals surface area contributed by atoms with Crippen molar-refractivity contribution in [3.05, 3.63) is 23.8 Å². The highest BCUT2D eigenvalue weighted by molar-refractivity contribution is 5.72. The van der Waals surface area contributed by atoms with Crippen molar-refractivity contribution < 1.29 is 23.4 Å². The monoisotopic (exact) mass is 328 g/mol. The summed E-state index contributed by atoms with van der Waals surface area (Å²) in [6, 6.07) is 2.00. The van der Waals surface area contributed by atoms with Crippen LogP contribution in [0.15, 0.2) is 12.1 Å². The average molecular weight is 328 g/mol. The number of aromatic hydroxyl groups is 1. The van der Waals surface area contributed by atoms with Gasteiger partial charge in [-0.25, -0.2) is 0 Å². The van der Waals surface area contributed by atoms with E-state index in [-0.39, 0.29) is 6.42 Å². The number of ether oxygens (including phenoxy) is 1. The third-order valence-electron chi connectivity index (χ3n) is 3.73. The predicted octanol–water partition coefficient (Wildman–Crippen LogP) is 5.50. The van der Waals surface area contributed by atoms with E-state index in [1.165, 1.54) is 32.1 Å². The highest BCUT2D eigenvalue weighted by atomic mass is 19.2. The quantitative estimate of drug-likeness (QED) is 0.331. The Balaban J connectivity index is 2.15. The van der Waals surface area contributed by atoms with Crippen LogP contribution in [0, 0.1) is 11.6 Å². The smallest absolute Gasteiger partial charge is 0.311 e. The fourth-order valence-electron chi connectivity index (χ4n) is 2.35. The lowest BCUT2D eigenvalue weighted by Crippen LogP contribution is -2.09. The fourth-order valence-corrected chi connectivity index (χ4v) is 2.35. The summed E-state index contributed by atoms with van der Waals surface area (Å²) in [7, 11) is 0. The van der Waals surface area contributed by atoms with E-state index in [2.05, 4.69) is 6.92 Å². The summed E-state index contributed by atoms with van der Waals surface area (Å²) >= 11 is 0. The van der Waals surface area contributed by atoms with Crippen molar-refractivity contribution in [2.75, 3.05) is 0 Å². The molecule has 130 valence electrons. The van der Waals surface area contributed by atoms with Gasteiger partial charge in [0.05, 0.1) is 0 Å². The lowest BCUT2D eigenvalue weighted by molar-refractivity contribution is -0.134. The van der Waals surface area contributed by atoms with Gasteiger partial charge in [0.25, 0.3) is 0 Å². The Hall–Kier alpha value is -1.65. The first-order valence-electron chi connectivity index (χ1n) is 8.44. The molecule has 0 radical (unpaired) electrons. The molecule has 0 fully saturated rings. The maximum Gasteiger partial charge on any atom is 0.311 e.